The molecule has 0 bridgehead atoms. The molecule has 0 atom stereocenters. The molecule has 1 aromatic heterocycles. The number of rotatable bonds is 5. The minimum Gasteiger partial charge on any atom is -0.388 e. The first-order valence-corrected chi connectivity index (χ1v) is 5.88. The summed E-state index contributed by atoms with van der Waals surface area (Å²) in [4.78, 5) is 4.36. The van der Waals surface area contributed by atoms with Crippen molar-refractivity contribution in [2.24, 2.45) is 0 Å². The van der Waals surface area contributed by atoms with Crippen molar-refractivity contribution in [1.82, 2.24) is 9.55 Å². The van der Waals surface area contributed by atoms with Crippen molar-refractivity contribution < 1.29 is 9.84 Å². The molecular weight excluding hydrogens is 240 g/mol. The summed E-state index contributed by atoms with van der Waals surface area (Å²) in [5.74, 6) is 0.665. The van der Waals surface area contributed by atoms with Gasteiger partial charge < -0.3 is 14.4 Å². The fraction of sp³-hybridized carbons (Fsp3) is 0.417. The van der Waals surface area contributed by atoms with E-state index >= 15 is 0 Å². The van der Waals surface area contributed by atoms with E-state index in [1.807, 2.05) is 22.8 Å². The van der Waals surface area contributed by atoms with Crippen molar-refractivity contribution in [3.05, 3.63) is 29.0 Å². The summed E-state index contributed by atoms with van der Waals surface area (Å²) in [6.07, 6.45) is 0.886. The number of methoxy groups -OCH3 is 1. The molecule has 1 aromatic carbocycles. The Morgan fingerprint density at radius 1 is 1.47 bits per heavy atom. The molecule has 0 aliphatic heterocycles. The van der Waals surface area contributed by atoms with Gasteiger partial charge in [-0.3, -0.25) is 0 Å². The molecule has 0 aliphatic rings. The minimum absolute atomic E-state index is 0.0702. The van der Waals surface area contributed by atoms with Gasteiger partial charge in [0, 0.05) is 25.3 Å². The molecule has 2 rings (SSSR count). The highest BCUT2D eigenvalue weighted by Crippen LogP contribution is 2.21. The zero-order chi connectivity index (χ0) is 12.3. The maximum absolute atomic E-state index is 9.30. The number of aliphatic hydroxyl groups excluding tert-OH is 1. The van der Waals surface area contributed by atoms with Crippen LogP contribution in [0.5, 0.6) is 0 Å². The number of hydrogen-bond acceptors (Lipinski definition) is 3. The number of ether oxygens (including phenoxy) is 1. The van der Waals surface area contributed by atoms with E-state index in [2.05, 4.69) is 4.98 Å². The Balaban J connectivity index is 2.36. The number of imidazole rings is 1. The fourth-order valence-corrected chi connectivity index (χ4v) is 2.06. The van der Waals surface area contributed by atoms with Crippen LogP contribution in [0.4, 0.5) is 0 Å². The summed E-state index contributed by atoms with van der Waals surface area (Å²) >= 11 is 5.92. The average Bonchev–Trinajstić information content (AvgIpc) is 2.67. The van der Waals surface area contributed by atoms with Crippen LogP contribution in [-0.4, -0.2) is 28.4 Å². The van der Waals surface area contributed by atoms with Gasteiger partial charge in [-0.2, -0.15) is 0 Å². The largest absolute Gasteiger partial charge is 0.388 e. The van der Waals surface area contributed by atoms with E-state index in [9.17, 15) is 5.11 Å². The highest BCUT2D eigenvalue weighted by atomic mass is 35.5. The van der Waals surface area contributed by atoms with E-state index in [1.54, 1.807) is 7.11 Å². The zero-order valence-corrected chi connectivity index (χ0v) is 10.4. The van der Waals surface area contributed by atoms with E-state index in [0.29, 0.717) is 17.5 Å². The molecule has 2 aromatic rings. The van der Waals surface area contributed by atoms with Crippen LogP contribution in [0.15, 0.2) is 18.2 Å². The summed E-state index contributed by atoms with van der Waals surface area (Å²) < 4.78 is 7.03. The second kappa shape index (κ2) is 5.49. The molecule has 1 N–H and O–H groups in total. The Kier molecular flexibility index (Phi) is 3.99. The summed E-state index contributed by atoms with van der Waals surface area (Å²) in [5.41, 5.74) is 1.81. The van der Waals surface area contributed by atoms with E-state index in [4.69, 9.17) is 16.3 Å². The number of aliphatic hydroxyl groups is 1. The Bertz CT molecular complexity index is 510. The lowest BCUT2D eigenvalue weighted by molar-refractivity contribution is 0.189. The van der Waals surface area contributed by atoms with Crippen LogP contribution >= 0.6 is 11.6 Å². The maximum atomic E-state index is 9.30. The van der Waals surface area contributed by atoms with Crippen LogP contribution in [0.2, 0.25) is 5.02 Å². The molecule has 0 saturated carbocycles. The van der Waals surface area contributed by atoms with Crippen molar-refractivity contribution in [2.75, 3.05) is 13.7 Å². The third-order valence-electron chi connectivity index (χ3n) is 2.66. The average molecular weight is 255 g/mol. The molecule has 0 saturated heterocycles. The molecule has 17 heavy (non-hydrogen) atoms. The summed E-state index contributed by atoms with van der Waals surface area (Å²) in [6, 6.07) is 5.57. The SMILES string of the molecule is COCCCn1c(CO)nc2cc(Cl)ccc21. The van der Waals surface area contributed by atoms with Gasteiger partial charge in [-0.05, 0) is 24.6 Å². The van der Waals surface area contributed by atoms with E-state index in [1.165, 1.54) is 0 Å². The number of aryl methyl sites for hydroxylation is 1. The fourth-order valence-electron chi connectivity index (χ4n) is 1.89. The molecule has 5 heteroatoms. The molecule has 0 fully saturated rings. The van der Waals surface area contributed by atoms with E-state index in [0.717, 1.165) is 24.0 Å². The summed E-state index contributed by atoms with van der Waals surface area (Å²) in [6.45, 7) is 1.40. The molecule has 0 radical (unpaired) electrons. The Labute approximate surface area is 105 Å². The van der Waals surface area contributed by atoms with Crippen molar-refractivity contribution in [3.8, 4) is 0 Å². The van der Waals surface area contributed by atoms with Gasteiger partial charge in [0.05, 0.1) is 11.0 Å². The number of aromatic nitrogens is 2. The first-order valence-electron chi connectivity index (χ1n) is 5.50. The minimum atomic E-state index is -0.0702. The van der Waals surface area contributed by atoms with Gasteiger partial charge in [0.1, 0.15) is 12.4 Å². The van der Waals surface area contributed by atoms with Gasteiger partial charge in [-0.15, -0.1) is 0 Å². The maximum Gasteiger partial charge on any atom is 0.135 e. The molecule has 0 amide bonds. The van der Waals surface area contributed by atoms with Crippen molar-refractivity contribution in [1.29, 1.82) is 0 Å². The van der Waals surface area contributed by atoms with Crippen LogP contribution in [0, 0.1) is 0 Å². The molecule has 4 nitrogen and oxygen atoms in total. The van der Waals surface area contributed by atoms with Gasteiger partial charge in [0.2, 0.25) is 0 Å². The highest BCUT2D eigenvalue weighted by Gasteiger charge is 2.09. The van der Waals surface area contributed by atoms with Gasteiger partial charge in [-0.25, -0.2) is 4.98 Å². The summed E-state index contributed by atoms with van der Waals surface area (Å²) in [5, 5.41) is 9.95. The second-order valence-corrected chi connectivity index (χ2v) is 4.25. The lowest BCUT2D eigenvalue weighted by Gasteiger charge is -2.07. The molecule has 0 aliphatic carbocycles. The van der Waals surface area contributed by atoms with Gasteiger partial charge in [0.25, 0.3) is 0 Å². The quantitative estimate of drug-likeness (QED) is 0.833. The molecule has 1 heterocycles. The predicted octanol–water partition coefficient (Wildman–Crippen LogP) is 2.22. The first-order chi connectivity index (χ1) is 8.26. The second-order valence-electron chi connectivity index (χ2n) is 3.82. The number of benzene rings is 1. The number of hydrogen-bond donors (Lipinski definition) is 1. The number of nitrogens with zero attached hydrogens (tertiary/aromatic N) is 2. The van der Waals surface area contributed by atoms with Crippen molar-refractivity contribution in [3.63, 3.8) is 0 Å². The van der Waals surface area contributed by atoms with E-state index in [-0.39, 0.29) is 6.61 Å². The number of halogens is 1. The normalized spacial score (nSPS) is 11.2. The molecule has 92 valence electrons. The third kappa shape index (κ3) is 2.60. The van der Waals surface area contributed by atoms with Crippen LogP contribution in [-0.2, 0) is 17.9 Å². The monoisotopic (exact) mass is 254 g/mol. The smallest absolute Gasteiger partial charge is 0.135 e. The van der Waals surface area contributed by atoms with Gasteiger partial charge in [0.15, 0.2) is 0 Å². The zero-order valence-electron chi connectivity index (χ0n) is 9.69. The standard InChI is InChI=1S/C12H15ClN2O2/c1-17-6-2-5-15-11-4-3-9(13)7-10(11)14-12(15)8-16/h3-4,7,16H,2,5-6,8H2,1H3. The lowest BCUT2D eigenvalue weighted by atomic mass is 10.3. The van der Waals surface area contributed by atoms with Crippen LogP contribution < -0.4 is 0 Å². The predicted molar refractivity (Wildman–Crippen MR) is 67.2 cm³/mol. The van der Waals surface area contributed by atoms with Gasteiger partial charge >= 0.3 is 0 Å². The summed E-state index contributed by atoms with van der Waals surface area (Å²) in [7, 11) is 1.68. The number of fused-ring (bicyclic) bond motifs is 1. The molecule has 0 spiro atoms. The van der Waals surface area contributed by atoms with Crippen LogP contribution in [0.3, 0.4) is 0 Å². The molecule has 0 unspecified atom stereocenters. The Hall–Kier alpha value is -1.10. The Morgan fingerprint density at radius 3 is 3.00 bits per heavy atom. The molecular formula is C12H15ClN2O2. The van der Waals surface area contributed by atoms with Crippen molar-refractivity contribution >= 4 is 22.6 Å². The Morgan fingerprint density at radius 2 is 2.29 bits per heavy atom. The van der Waals surface area contributed by atoms with Crippen LogP contribution in [0.25, 0.3) is 11.0 Å². The first kappa shape index (κ1) is 12.4. The highest BCUT2D eigenvalue weighted by molar-refractivity contribution is 6.31. The van der Waals surface area contributed by atoms with Crippen molar-refractivity contribution in [2.45, 2.75) is 19.6 Å². The lowest BCUT2D eigenvalue weighted by Crippen LogP contribution is -2.06. The topological polar surface area (TPSA) is 47.3 Å². The third-order valence-corrected chi connectivity index (χ3v) is 2.90. The van der Waals surface area contributed by atoms with Gasteiger partial charge in [-0.1, -0.05) is 11.6 Å². The van der Waals surface area contributed by atoms with Crippen LogP contribution in [0.1, 0.15) is 12.2 Å². The van der Waals surface area contributed by atoms with E-state index < -0.39 is 0 Å².